The van der Waals surface area contributed by atoms with E-state index < -0.39 is 0 Å². The second kappa shape index (κ2) is 3.71. The monoisotopic (exact) mass is 229 g/mol. The van der Waals surface area contributed by atoms with Gasteiger partial charge in [-0.05, 0) is 24.3 Å². The van der Waals surface area contributed by atoms with E-state index >= 15 is 0 Å². The smallest absolute Gasteiger partial charge is 0.280 e. The number of aromatic hydroxyl groups is 1. The molecule has 7 heteroatoms. The Kier molecular flexibility index (Phi) is 2.08. The summed E-state index contributed by atoms with van der Waals surface area (Å²) in [6.45, 7) is 0. The van der Waals surface area contributed by atoms with Crippen molar-refractivity contribution in [3.8, 4) is 28.7 Å². The van der Waals surface area contributed by atoms with E-state index in [1.54, 1.807) is 24.3 Å². The predicted molar refractivity (Wildman–Crippen MR) is 56.8 cm³/mol. The van der Waals surface area contributed by atoms with Crippen molar-refractivity contribution in [1.82, 2.24) is 25.6 Å². The highest BCUT2D eigenvalue weighted by Gasteiger charge is 2.12. The van der Waals surface area contributed by atoms with Crippen LogP contribution in [-0.2, 0) is 0 Å². The number of benzene rings is 1. The van der Waals surface area contributed by atoms with E-state index in [1.807, 2.05) is 0 Å². The summed E-state index contributed by atoms with van der Waals surface area (Å²) in [5.41, 5.74) is 1.24. The molecule has 7 nitrogen and oxygen atoms in total. The van der Waals surface area contributed by atoms with Gasteiger partial charge in [-0.1, -0.05) is 5.16 Å². The number of hydrogen-bond acceptors (Lipinski definition) is 6. The van der Waals surface area contributed by atoms with Gasteiger partial charge in [0.15, 0.2) is 5.69 Å². The Morgan fingerprint density at radius 3 is 2.71 bits per heavy atom. The Bertz CT molecular complexity index is 614. The molecule has 0 atom stereocenters. The number of aromatic amines is 1. The first-order valence-electron chi connectivity index (χ1n) is 4.82. The summed E-state index contributed by atoms with van der Waals surface area (Å²) in [6, 6.07) is 6.52. The third-order valence-corrected chi connectivity index (χ3v) is 2.19. The maximum absolute atomic E-state index is 9.17. The van der Waals surface area contributed by atoms with Crippen LogP contribution in [0, 0.1) is 0 Å². The lowest BCUT2D eigenvalue weighted by Gasteiger charge is -1.93. The van der Waals surface area contributed by atoms with Crippen molar-refractivity contribution in [1.29, 1.82) is 0 Å². The van der Waals surface area contributed by atoms with Crippen LogP contribution in [0.5, 0.6) is 5.75 Å². The van der Waals surface area contributed by atoms with Crippen molar-refractivity contribution in [2.75, 3.05) is 0 Å². The molecule has 0 saturated carbocycles. The number of nitrogens with one attached hydrogen (secondary N) is 1. The van der Waals surface area contributed by atoms with Crippen molar-refractivity contribution in [3.05, 3.63) is 30.5 Å². The zero-order valence-electron chi connectivity index (χ0n) is 8.53. The van der Waals surface area contributed by atoms with E-state index in [0.29, 0.717) is 17.4 Å². The van der Waals surface area contributed by atoms with E-state index in [9.17, 15) is 5.11 Å². The molecule has 2 aromatic heterocycles. The fraction of sp³-hybridized carbons (Fsp3) is 0. The molecule has 0 radical (unpaired) electrons. The van der Waals surface area contributed by atoms with Crippen molar-refractivity contribution < 1.29 is 9.63 Å². The summed E-state index contributed by atoms with van der Waals surface area (Å²) in [4.78, 5) is 4.17. The molecule has 0 aliphatic heterocycles. The predicted octanol–water partition coefficient (Wildman–Crippen LogP) is 1.23. The highest BCUT2D eigenvalue weighted by Crippen LogP contribution is 2.21. The SMILES string of the molecule is Oc1ccc(-c2noc(-c3cn[nH]n3)n2)cc1. The van der Waals surface area contributed by atoms with Crippen LogP contribution in [0.3, 0.4) is 0 Å². The Labute approximate surface area is 95.1 Å². The summed E-state index contributed by atoms with van der Waals surface area (Å²) in [7, 11) is 0. The molecule has 2 N–H and O–H groups in total. The molecule has 0 aliphatic carbocycles. The molecule has 0 aliphatic rings. The number of H-pyrrole nitrogens is 1. The van der Waals surface area contributed by atoms with Gasteiger partial charge in [0.1, 0.15) is 5.75 Å². The number of nitrogens with zero attached hydrogens (tertiary/aromatic N) is 4. The highest BCUT2D eigenvalue weighted by atomic mass is 16.5. The minimum atomic E-state index is 0.189. The second-order valence-corrected chi connectivity index (χ2v) is 3.33. The second-order valence-electron chi connectivity index (χ2n) is 3.33. The van der Waals surface area contributed by atoms with Crippen LogP contribution in [0.4, 0.5) is 0 Å². The van der Waals surface area contributed by atoms with Crippen molar-refractivity contribution >= 4 is 0 Å². The van der Waals surface area contributed by atoms with Gasteiger partial charge in [-0.3, -0.25) is 0 Å². The Balaban J connectivity index is 1.98. The maximum Gasteiger partial charge on any atom is 0.280 e. The van der Waals surface area contributed by atoms with Gasteiger partial charge >= 0.3 is 0 Å². The Hall–Kier alpha value is -2.70. The molecule has 2 heterocycles. The molecule has 3 rings (SSSR count). The molecule has 1 aromatic carbocycles. The van der Waals surface area contributed by atoms with Crippen LogP contribution in [0.2, 0.25) is 0 Å². The lowest BCUT2D eigenvalue weighted by molar-refractivity contribution is 0.431. The molecule has 0 spiro atoms. The highest BCUT2D eigenvalue weighted by molar-refractivity contribution is 5.58. The lowest BCUT2D eigenvalue weighted by atomic mass is 10.2. The van der Waals surface area contributed by atoms with Gasteiger partial charge in [0.05, 0.1) is 6.20 Å². The molecular formula is C10H7N5O2. The largest absolute Gasteiger partial charge is 0.508 e. The van der Waals surface area contributed by atoms with E-state index in [2.05, 4.69) is 25.6 Å². The van der Waals surface area contributed by atoms with Gasteiger partial charge < -0.3 is 9.63 Å². The first-order chi connectivity index (χ1) is 8.33. The van der Waals surface area contributed by atoms with E-state index in [4.69, 9.17) is 4.52 Å². The van der Waals surface area contributed by atoms with Crippen LogP contribution in [0.25, 0.3) is 23.0 Å². The fourth-order valence-corrected chi connectivity index (χ4v) is 1.36. The molecular weight excluding hydrogens is 222 g/mol. The van der Waals surface area contributed by atoms with E-state index in [0.717, 1.165) is 5.56 Å². The fourth-order valence-electron chi connectivity index (χ4n) is 1.36. The van der Waals surface area contributed by atoms with Crippen LogP contribution in [0.1, 0.15) is 0 Å². The van der Waals surface area contributed by atoms with E-state index in [-0.39, 0.29) is 5.75 Å². The molecule has 3 aromatic rings. The third kappa shape index (κ3) is 1.73. The van der Waals surface area contributed by atoms with Gasteiger partial charge in [0, 0.05) is 5.56 Å². The molecule has 0 fully saturated rings. The molecule has 17 heavy (non-hydrogen) atoms. The maximum atomic E-state index is 9.17. The quantitative estimate of drug-likeness (QED) is 0.685. The van der Waals surface area contributed by atoms with Crippen LogP contribution in [0.15, 0.2) is 35.0 Å². The summed E-state index contributed by atoms with van der Waals surface area (Å²) >= 11 is 0. The lowest BCUT2D eigenvalue weighted by Crippen LogP contribution is -1.81. The molecule has 84 valence electrons. The average molecular weight is 229 g/mol. The minimum absolute atomic E-state index is 0.189. The number of rotatable bonds is 2. The summed E-state index contributed by atoms with van der Waals surface area (Å²) in [6.07, 6.45) is 1.49. The number of aromatic nitrogens is 5. The Morgan fingerprint density at radius 1 is 1.18 bits per heavy atom. The summed E-state index contributed by atoms with van der Waals surface area (Å²) in [5.74, 6) is 0.916. The number of hydrogen-bond donors (Lipinski definition) is 2. The number of phenols is 1. The topological polar surface area (TPSA) is 101 Å². The van der Waals surface area contributed by atoms with Gasteiger partial charge in [-0.2, -0.15) is 20.4 Å². The van der Waals surface area contributed by atoms with Gasteiger partial charge in [-0.15, -0.1) is 0 Å². The van der Waals surface area contributed by atoms with Gasteiger partial charge in [0.25, 0.3) is 5.89 Å². The Morgan fingerprint density at radius 2 is 2.00 bits per heavy atom. The van der Waals surface area contributed by atoms with Crippen LogP contribution in [-0.4, -0.2) is 30.7 Å². The normalized spacial score (nSPS) is 10.6. The molecule has 0 saturated heterocycles. The summed E-state index contributed by atoms with van der Waals surface area (Å²) < 4.78 is 5.05. The van der Waals surface area contributed by atoms with Crippen LogP contribution >= 0.6 is 0 Å². The molecule has 0 amide bonds. The van der Waals surface area contributed by atoms with Crippen molar-refractivity contribution in [2.45, 2.75) is 0 Å². The van der Waals surface area contributed by atoms with E-state index in [1.165, 1.54) is 6.20 Å². The van der Waals surface area contributed by atoms with Crippen LogP contribution < -0.4 is 0 Å². The van der Waals surface area contributed by atoms with Gasteiger partial charge in [-0.25, -0.2) is 0 Å². The third-order valence-electron chi connectivity index (χ3n) is 2.19. The standard InChI is InChI=1S/C10H7N5O2/c16-7-3-1-6(2-4-7)9-12-10(17-14-9)8-5-11-15-13-8/h1-5,16H,(H,11,13,15). The number of phenolic OH excluding ortho intramolecular Hbond substituents is 1. The molecule has 0 bridgehead atoms. The first-order valence-corrected chi connectivity index (χ1v) is 4.82. The molecule has 0 unspecified atom stereocenters. The zero-order chi connectivity index (χ0) is 11.7. The first kappa shape index (κ1) is 9.52. The zero-order valence-corrected chi connectivity index (χ0v) is 8.53. The summed E-state index contributed by atoms with van der Waals surface area (Å²) in [5, 5.41) is 22.9. The van der Waals surface area contributed by atoms with Gasteiger partial charge in [0.2, 0.25) is 5.82 Å². The minimum Gasteiger partial charge on any atom is -0.508 e. The van der Waals surface area contributed by atoms with Crippen molar-refractivity contribution in [2.24, 2.45) is 0 Å². The van der Waals surface area contributed by atoms with Crippen molar-refractivity contribution in [3.63, 3.8) is 0 Å². The average Bonchev–Trinajstić information content (AvgIpc) is 3.00.